The molecule has 1 heterocycles. The van der Waals surface area contributed by atoms with Crippen molar-refractivity contribution in [2.45, 2.75) is 30.9 Å². The van der Waals surface area contributed by atoms with Gasteiger partial charge in [-0.1, -0.05) is 37.7 Å². The molecule has 0 bridgehead atoms. The van der Waals surface area contributed by atoms with E-state index in [-0.39, 0.29) is 0 Å². The summed E-state index contributed by atoms with van der Waals surface area (Å²) in [6.07, 6.45) is 1.12. The van der Waals surface area contributed by atoms with E-state index in [0.717, 1.165) is 38.3 Å². The van der Waals surface area contributed by atoms with E-state index in [4.69, 9.17) is 0 Å². The van der Waals surface area contributed by atoms with Gasteiger partial charge in [-0.2, -0.15) is 8.78 Å². The summed E-state index contributed by atoms with van der Waals surface area (Å²) in [5, 5.41) is 3.49. The Hall–Kier alpha value is -0.810. The number of anilines is 1. The van der Waals surface area contributed by atoms with Crippen molar-refractivity contribution in [3.63, 3.8) is 0 Å². The number of nitrogens with one attached hydrogen (secondary N) is 1. The molecule has 5 heteroatoms. The Bertz CT molecular complexity index is 440. The first-order valence-corrected chi connectivity index (χ1v) is 8.43. The Labute approximate surface area is 130 Å². The van der Waals surface area contributed by atoms with Crippen molar-refractivity contribution in [2.75, 3.05) is 31.1 Å². The molecule has 1 aromatic carbocycles. The number of rotatable bonds is 7. The van der Waals surface area contributed by atoms with Gasteiger partial charge in [0.1, 0.15) is 0 Å². The Morgan fingerprint density at radius 1 is 1.33 bits per heavy atom. The van der Waals surface area contributed by atoms with Crippen LogP contribution in [0.5, 0.6) is 0 Å². The van der Waals surface area contributed by atoms with Gasteiger partial charge in [0, 0.05) is 18.0 Å². The second kappa shape index (κ2) is 7.99. The smallest absolute Gasteiger partial charge is 0.288 e. The van der Waals surface area contributed by atoms with E-state index in [1.165, 1.54) is 0 Å². The van der Waals surface area contributed by atoms with E-state index in [2.05, 4.69) is 24.1 Å². The predicted octanol–water partition coefficient (Wildman–Crippen LogP) is 4.07. The number of thioether (sulfide) groups is 1. The summed E-state index contributed by atoms with van der Waals surface area (Å²) in [5.74, 6) is -1.10. The summed E-state index contributed by atoms with van der Waals surface area (Å²) < 4.78 is 25.3. The van der Waals surface area contributed by atoms with E-state index in [1.807, 2.05) is 18.2 Å². The van der Waals surface area contributed by atoms with Crippen LogP contribution in [-0.4, -0.2) is 31.9 Å². The molecule has 21 heavy (non-hydrogen) atoms. The SMILES string of the molecule is CC(C)CNCC1CCN(c2ccccc2SC(F)F)C1. The fraction of sp³-hybridized carbons (Fsp3) is 0.625. The van der Waals surface area contributed by atoms with Crippen LogP contribution in [0.15, 0.2) is 29.2 Å². The highest BCUT2D eigenvalue weighted by Crippen LogP contribution is 2.36. The van der Waals surface area contributed by atoms with Crippen LogP contribution in [0.3, 0.4) is 0 Å². The highest BCUT2D eigenvalue weighted by molar-refractivity contribution is 7.99. The molecule has 1 aliphatic rings. The molecule has 1 atom stereocenters. The van der Waals surface area contributed by atoms with Crippen LogP contribution in [0.2, 0.25) is 0 Å². The molecule has 2 nitrogen and oxygen atoms in total. The lowest BCUT2D eigenvalue weighted by Crippen LogP contribution is -2.28. The Balaban J connectivity index is 1.92. The Kier molecular flexibility index (Phi) is 6.30. The number of halogens is 2. The van der Waals surface area contributed by atoms with Crippen molar-refractivity contribution in [1.82, 2.24) is 5.32 Å². The number of benzene rings is 1. The van der Waals surface area contributed by atoms with Crippen molar-refractivity contribution in [3.05, 3.63) is 24.3 Å². The predicted molar refractivity (Wildman–Crippen MR) is 86.3 cm³/mol. The zero-order valence-corrected chi connectivity index (χ0v) is 13.5. The lowest BCUT2D eigenvalue weighted by molar-refractivity contribution is 0.252. The minimum Gasteiger partial charge on any atom is -0.370 e. The molecule has 0 aliphatic carbocycles. The quantitative estimate of drug-likeness (QED) is 0.764. The molecule has 1 aromatic rings. The molecule has 0 saturated carbocycles. The average molecular weight is 314 g/mol. The lowest BCUT2D eigenvalue weighted by Gasteiger charge is -2.22. The molecule has 1 unspecified atom stereocenters. The number of hydrogen-bond acceptors (Lipinski definition) is 3. The zero-order valence-electron chi connectivity index (χ0n) is 12.7. The van der Waals surface area contributed by atoms with Gasteiger partial charge in [-0.25, -0.2) is 0 Å². The molecule has 0 amide bonds. The third kappa shape index (κ3) is 5.15. The summed E-state index contributed by atoms with van der Waals surface area (Å²) in [7, 11) is 0. The summed E-state index contributed by atoms with van der Waals surface area (Å²) in [6.45, 7) is 8.35. The molecule has 2 rings (SSSR count). The van der Waals surface area contributed by atoms with E-state index in [0.29, 0.717) is 28.5 Å². The Morgan fingerprint density at radius 3 is 2.81 bits per heavy atom. The summed E-state index contributed by atoms with van der Waals surface area (Å²) >= 11 is 0.644. The number of nitrogens with zero attached hydrogens (tertiary/aromatic N) is 1. The van der Waals surface area contributed by atoms with Gasteiger partial charge in [0.25, 0.3) is 5.76 Å². The fourth-order valence-electron chi connectivity index (χ4n) is 2.71. The fourth-order valence-corrected chi connectivity index (χ4v) is 3.38. The van der Waals surface area contributed by atoms with Gasteiger partial charge in [-0.05, 0) is 43.5 Å². The maximum atomic E-state index is 12.6. The van der Waals surface area contributed by atoms with Crippen LogP contribution in [0.1, 0.15) is 20.3 Å². The lowest BCUT2D eigenvalue weighted by atomic mass is 10.1. The maximum absolute atomic E-state index is 12.6. The topological polar surface area (TPSA) is 15.3 Å². The molecule has 1 aliphatic heterocycles. The largest absolute Gasteiger partial charge is 0.370 e. The minimum atomic E-state index is -2.36. The first-order valence-electron chi connectivity index (χ1n) is 7.55. The number of hydrogen-bond donors (Lipinski definition) is 1. The van der Waals surface area contributed by atoms with Crippen molar-refractivity contribution in [1.29, 1.82) is 0 Å². The second-order valence-electron chi connectivity index (χ2n) is 6.00. The summed E-state index contributed by atoms with van der Waals surface area (Å²) in [4.78, 5) is 2.93. The first kappa shape index (κ1) is 16.6. The van der Waals surface area contributed by atoms with Crippen LogP contribution in [0.4, 0.5) is 14.5 Å². The molecule has 1 saturated heterocycles. The average Bonchev–Trinajstić information content (AvgIpc) is 2.87. The van der Waals surface area contributed by atoms with Gasteiger partial charge in [0.2, 0.25) is 0 Å². The molecule has 0 radical (unpaired) electrons. The van der Waals surface area contributed by atoms with Crippen molar-refractivity contribution >= 4 is 17.4 Å². The highest BCUT2D eigenvalue weighted by Gasteiger charge is 2.24. The van der Waals surface area contributed by atoms with Gasteiger partial charge in [0.05, 0.1) is 5.69 Å². The molecule has 1 fully saturated rings. The molecule has 0 aromatic heterocycles. The van der Waals surface area contributed by atoms with Crippen LogP contribution in [0, 0.1) is 11.8 Å². The maximum Gasteiger partial charge on any atom is 0.288 e. The van der Waals surface area contributed by atoms with Crippen molar-refractivity contribution in [3.8, 4) is 0 Å². The normalized spacial score (nSPS) is 19.0. The molecule has 0 spiro atoms. The van der Waals surface area contributed by atoms with Crippen LogP contribution in [-0.2, 0) is 0 Å². The third-order valence-electron chi connectivity index (χ3n) is 3.69. The van der Waals surface area contributed by atoms with Gasteiger partial charge >= 0.3 is 0 Å². The van der Waals surface area contributed by atoms with Gasteiger partial charge in [-0.3, -0.25) is 0 Å². The van der Waals surface area contributed by atoms with E-state index in [9.17, 15) is 8.78 Å². The van der Waals surface area contributed by atoms with E-state index < -0.39 is 5.76 Å². The standard InChI is InChI=1S/C16H24F2N2S/c1-12(2)9-19-10-13-7-8-20(11-13)14-5-3-4-6-15(14)21-16(17)18/h3-6,12-13,16,19H,7-11H2,1-2H3. The summed E-state index contributed by atoms with van der Waals surface area (Å²) in [5.41, 5.74) is 0.953. The van der Waals surface area contributed by atoms with Crippen molar-refractivity contribution in [2.24, 2.45) is 11.8 Å². The highest BCUT2D eigenvalue weighted by atomic mass is 32.2. The van der Waals surface area contributed by atoms with Crippen molar-refractivity contribution < 1.29 is 8.78 Å². The van der Waals surface area contributed by atoms with Crippen LogP contribution < -0.4 is 10.2 Å². The van der Waals surface area contributed by atoms with Gasteiger partial charge in [-0.15, -0.1) is 0 Å². The number of para-hydroxylation sites is 1. The van der Waals surface area contributed by atoms with Gasteiger partial charge in [0.15, 0.2) is 0 Å². The van der Waals surface area contributed by atoms with E-state index in [1.54, 1.807) is 6.07 Å². The zero-order chi connectivity index (χ0) is 15.2. The van der Waals surface area contributed by atoms with Crippen LogP contribution in [0.25, 0.3) is 0 Å². The van der Waals surface area contributed by atoms with Gasteiger partial charge < -0.3 is 10.2 Å². The molecule has 1 N–H and O–H groups in total. The molecular formula is C16H24F2N2S. The minimum absolute atomic E-state index is 0.605. The number of alkyl halides is 2. The Morgan fingerprint density at radius 2 is 2.10 bits per heavy atom. The van der Waals surface area contributed by atoms with E-state index >= 15 is 0 Å². The first-order chi connectivity index (χ1) is 10.1. The molecular weight excluding hydrogens is 290 g/mol. The third-order valence-corrected chi connectivity index (χ3v) is 4.47. The molecule has 118 valence electrons. The monoisotopic (exact) mass is 314 g/mol. The summed E-state index contributed by atoms with van der Waals surface area (Å²) in [6, 6.07) is 7.49. The second-order valence-corrected chi connectivity index (χ2v) is 7.03. The van der Waals surface area contributed by atoms with Crippen LogP contribution >= 0.6 is 11.8 Å².